The van der Waals surface area contributed by atoms with Crippen molar-refractivity contribution in [3.8, 4) is 0 Å². The van der Waals surface area contributed by atoms with E-state index in [2.05, 4.69) is 30.8 Å². The molecule has 1 rings (SSSR count). The normalized spacial score (nSPS) is 28.1. The van der Waals surface area contributed by atoms with E-state index in [1.54, 1.807) is 0 Å². The molecule has 1 heterocycles. The first kappa shape index (κ1) is 6.59. The van der Waals surface area contributed by atoms with Crippen LogP contribution in [0.25, 0.3) is 0 Å². The van der Waals surface area contributed by atoms with Crippen LogP contribution in [0.15, 0.2) is 4.99 Å². The molecule has 0 N–H and O–H groups in total. The average Bonchev–Trinajstić information content (AvgIpc) is 1.83. The Balaban J connectivity index is 2.62. The molecule has 1 aliphatic rings. The number of aliphatic imine (C=N–C) groups is 1. The van der Waals surface area contributed by atoms with Gasteiger partial charge in [-0.2, -0.15) is 0 Å². The fourth-order valence-electron chi connectivity index (χ4n) is 1.04. The largest absolute Gasteiger partial charge is 0.361 e. The van der Waals surface area contributed by atoms with Crippen LogP contribution in [-0.4, -0.2) is 30.4 Å². The zero-order valence-electron chi connectivity index (χ0n) is 6.39. The SMILES string of the molecule is CC1=NCC[C@H](C)N1C. The molecule has 0 fully saturated rings. The highest BCUT2D eigenvalue weighted by atomic mass is 15.2. The minimum absolute atomic E-state index is 0.683. The molecule has 52 valence electrons. The highest BCUT2D eigenvalue weighted by Crippen LogP contribution is 2.07. The highest BCUT2D eigenvalue weighted by molar-refractivity contribution is 5.80. The lowest BCUT2D eigenvalue weighted by Crippen LogP contribution is -2.37. The summed E-state index contributed by atoms with van der Waals surface area (Å²) in [6.07, 6.45) is 1.20. The molecule has 0 aromatic heterocycles. The maximum Gasteiger partial charge on any atom is 0.0957 e. The monoisotopic (exact) mass is 126 g/mol. The van der Waals surface area contributed by atoms with Crippen molar-refractivity contribution in [1.82, 2.24) is 4.90 Å². The molecule has 0 amide bonds. The van der Waals surface area contributed by atoms with Gasteiger partial charge in [0.25, 0.3) is 0 Å². The lowest BCUT2D eigenvalue weighted by Gasteiger charge is -2.29. The third kappa shape index (κ3) is 1.23. The van der Waals surface area contributed by atoms with Gasteiger partial charge in [-0.15, -0.1) is 0 Å². The number of rotatable bonds is 0. The van der Waals surface area contributed by atoms with Crippen LogP contribution in [0.3, 0.4) is 0 Å². The van der Waals surface area contributed by atoms with Crippen LogP contribution in [0.2, 0.25) is 0 Å². The van der Waals surface area contributed by atoms with Crippen LogP contribution in [-0.2, 0) is 0 Å². The molecule has 1 atom stereocenters. The lowest BCUT2D eigenvalue weighted by atomic mass is 10.2. The molecular formula is C7H14N2. The second-order valence-electron chi connectivity index (χ2n) is 2.68. The number of nitrogens with zero attached hydrogens (tertiary/aromatic N) is 2. The third-order valence-electron chi connectivity index (χ3n) is 2.06. The molecule has 2 heteroatoms. The lowest BCUT2D eigenvalue weighted by molar-refractivity contribution is 0.352. The third-order valence-corrected chi connectivity index (χ3v) is 2.06. The molecule has 0 saturated carbocycles. The summed E-state index contributed by atoms with van der Waals surface area (Å²) in [5, 5.41) is 0. The van der Waals surface area contributed by atoms with E-state index in [0.29, 0.717) is 6.04 Å². The van der Waals surface area contributed by atoms with Gasteiger partial charge in [-0.05, 0) is 20.3 Å². The molecule has 1 aliphatic heterocycles. The Morgan fingerprint density at radius 3 is 2.78 bits per heavy atom. The molecule has 0 radical (unpaired) electrons. The summed E-state index contributed by atoms with van der Waals surface area (Å²) in [4.78, 5) is 6.53. The van der Waals surface area contributed by atoms with Gasteiger partial charge >= 0.3 is 0 Å². The fourth-order valence-corrected chi connectivity index (χ4v) is 1.04. The quantitative estimate of drug-likeness (QED) is 0.475. The standard InChI is InChI=1S/C7H14N2/c1-6-4-5-8-7(2)9(6)3/h6H,4-5H2,1-3H3/t6-/m0/s1. The summed E-state index contributed by atoms with van der Waals surface area (Å²) in [7, 11) is 2.10. The van der Waals surface area contributed by atoms with E-state index in [-0.39, 0.29) is 0 Å². The van der Waals surface area contributed by atoms with E-state index in [1.807, 2.05) is 0 Å². The summed E-state index contributed by atoms with van der Waals surface area (Å²) in [5.41, 5.74) is 0. The predicted octanol–water partition coefficient (Wildman–Crippen LogP) is 1.13. The van der Waals surface area contributed by atoms with Crippen molar-refractivity contribution in [3.63, 3.8) is 0 Å². The smallest absolute Gasteiger partial charge is 0.0957 e. The summed E-state index contributed by atoms with van der Waals surface area (Å²) >= 11 is 0. The Bertz CT molecular complexity index is 129. The van der Waals surface area contributed by atoms with Gasteiger partial charge in [-0.3, -0.25) is 4.99 Å². The maximum atomic E-state index is 4.30. The van der Waals surface area contributed by atoms with Crippen LogP contribution in [0.1, 0.15) is 20.3 Å². The van der Waals surface area contributed by atoms with Crippen molar-refractivity contribution in [2.75, 3.05) is 13.6 Å². The first-order valence-electron chi connectivity index (χ1n) is 3.45. The Labute approximate surface area is 56.6 Å². The first-order chi connectivity index (χ1) is 4.22. The van der Waals surface area contributed by atoms with Crippen molar-refractivity contribution in [1.29, 1.82) is 0 Å². The summed E-state index contributed by atoms with van der Waals surface area (Å²) < 4.78 is 0. The Morgan fingerprint density at radius 2 is 2.33 bits per heavy atom. The van der Waals surface area contributed by atoms with Gasteiger partial charge in [-0.1, -0.05) is 0 Å². The molecule has 0 unspecified atom stereocenters. The zero-order valence-corrected chi connectivity index (χ0v) is 6.39. The van der Waals surface area contributed by atoms with Gasteiger partial charge in [-0.25, -0.2) is 0 Å². The van der Waals surface area contributed by atoms with E-state index < -0.39 is 0 Å². The van der Waals surface area contributed by atoms with Crippen molar-refractivity contribution < 1.29 is 0 Å². The van der Waals surface area contributed by atoms with Crippen LogP contribution in [0.4, 0.5) is 0 Å². The summed E-state index contributed by atoms with van der Waals surface area (Å²) in [6.45, 7) is 5.31. The van der Waals surface area contributed by atoms with Gasteiger partial charge in [0.15, 0.2) is 0 Å². The van der Waals surface area contributed by atoms with Gasteiger partial charge < -0.3 is 4.90 Å². The second kappa shape index (κ2) is 2.38. The molecule has 0 saturated heterocycles. The van der Waals surface area contributed by atoms with Crippen molar-refractivity contribution in [2.45, 2.75) is 26.3 Å². The Hall–Kier alpha value is -0.530. The van der Waals surface area contributed by atoms with Gasteiger partial charge in [0.1, 0.15) is 0 Å². The molecule has 0 aromatic rings. The van der Waals surface area contributed by atoms with E-state index in [0.717, 1.165) is 6.54 Å². The van der Waals surface area contributed by atoms with Crippen LogP contribution in [0.5, 0.6) is 0 Å². The van der Waals surface area contributed by atoms with E-state index in [1.165, 1.54) is 12.3 Å². The zero-order chi connectivity index (χ0) is 6.85. The number of hydrogen-bond donors (Lipinski definition) is 0. The van der Waals surface area contributed by atoms with Crippen molar-refractivity contribution in [2.24, 2.45) is 4.99 Å². The first-order valence-corrected chi connectivity index (χ1v) is 3.45. The molecule has 9 heavy (non-hydrogen) atoms. The van der Waals surface area contributed by atoms with Crippen molar-refractivity contribution >= 4 is 5.84 Å². The minimum atomic E-state index is 0.683. The highest BCUT2D eigenvalue weighted by Gasteiger charge is 2.13. The average molecular weight is 126 g/mol. The molecule has 0 bridgehead atoms. The van der Waals surface area contributed by atoms with Crippen LogP contribution >= 0.6 is 0 Å². The minimum Gasteiger partial charge on any atom is -0.361 e. The fraction of sp³-hybridized carbons (Fsp3) is 0.857. The Morgan fingerprint density at radius 1 is 1.67 bits per heavy atom. The van der Waals surface area contributed by atoms with E-state index in [4.69, 9.17) is 0 Å². The molecule has 0 aromatic carbocycles. The topological polar surface area (TPSA) is 15.6 Å². The van der Waals surface area contributed by atoms with Crippen molar-refractivity contribution in [3.05, 3.63) is 0 Å². The van der Waals surface area contributed by atoms with Gasteiger partial charge in [0.2, 0.25) is 0 Å². The molecule has 2 nitrogen and oxygen atoms in total. The maximum absolute atomic E-state index is 4.30. The molecule has 0 spiro atoms. The number of amidine groups is 1. The van der Waals surface area contributed by atoms with E-state index in [9.17, 15) is 0 Å². The number of hydrogen-bond acceptors (Lipinski definition) is 2. The molecule has 0 aliphatic carbocycles. The molecular weight excluding hydrogens is 112 g/mol. The predicted molar refractivity (Wildman–Crippen MR) is 39.8 cm³/mol. The van der Waals surface area contributed by atoms with Gasteiger partial charge in [0.05, 0.1) is 5.84 Å². The van der Waals surface area contributed by atoms with E-state index >= 15 is 0 Å². The Kier molecular flexibility index (Phi) is 1.74. The summed E-state index contributed by atoms with van der Waals surface area (Å²) in [5.74, 6) is 1.17. The van der Waals surface area contributed by atoms with Gasteiger partial charge in [0, 0.05) is 19.6 Å². The van der Waals surface area contributed by atoms with Crippen LogP contribution < -0.4 is 0 Å². The summed E-state index contributed by atoms with van der Waals surface area (Å²) in [6, 6.07) is 0.683. The van der Waals surface area contributed by atoms with Crippen LogP contribution in [0, 0.1) is 0 Å². The second-order valence-corrected chi connectivity index (χ2v) is 2.68.